The van der Waals surface area contributed by atoms with Crippen molar-refractivity contribution in [2.45, 2.75) is 103 Å². The summed E-state index contributed by atoms with van der Waals surface area (Å²) in [5.41, 5.74) is 9.83. The summed E-state index contributed by atoms with van der Waals surface area (Å²) in [6.07, 6.45) is 21.8. The summed E-state index contributed by atoms with van der Waals surface area (Å²) in [5, 5.41) is 10.7. The molecule has 0 unspecified atom stereocenters. The van der Waals surface area contributed by atoms with E-state index in [0.717, 1.165) is 97.6 Å². The van der Waals surface area contributed by atoms with Crippen LogP contribution < -0.4 is 16.1 Å². The number of hydrogen-bond acceptors (Lipinski definition) is 7. The molecule has 2 aromatic heterocycles. The van der Waals surface area contributed by atoms with Gasteiger partial charge < -0.3 is 10.6 Å². The van der Waals surface area contributed by atoms with Crippen LogP contribution in [0, 0.1) is 0 Å². The first kappa shape index (κ1) is 39.3. The highest BCUT2D eigenvalue weighted by atomic mass is 35.5. The van der Waals surface area contributed by atoms with E-state index in [1.165, 1.54) is 51.4 Å². The number of rotatable bonds is 26. The Hall–Kier alpha value is -2.45. The fourth-order valence-electron chi connectivity index (χ4n) is 5.99. The Balaban J connectivity index is 0.882. The van der Waals surface area contributed by atoms with Crippen LogP contribution in [0.25, 0.3) is 21.8 Å². The van der Waals surface area contributed by atoms with Crippen molar-refractivity contribution < 1.29 is 13.6 Å². The minimum atomic E-state index is -3.45. The topological polar surface area (TPSA) is 111 Å². The number of hydrogen-bond donors (Lipinski definition) is 3. The van der Waals surface area contributed by atoms with Crippen molar-refractivity contribution in [1.82, 2.24) is 9.97 Å². The van der Waals surface area contributed by atoms with Crippen LogP contribution in [0.5, 0.6) is 0 Å². The van der Waals surface area contributed by atoms with E-state index in [2.05, 4.69) is 20.6 Å². The van der Waals surface area contributed by atoms with E-state index >= 15 is 0 Å². The highest BCUT2D eigenvalue weighted by Crippen LogP contribution is 2.39. The molecule has 11 heteroatoms. The fourth-order valence-corrected chi connectivity index (χ4v) is 7.17. The van der Waals surface area contributed by atoms with E-state index < -0.39 is 7.75 Å². The van der Waals surface area contributed by atoms with E-state index in [9.17, 15) is 4.57 Å². The molecule has 0 aliphatic heterocycles. The molecule has 0 amide bonds. The minimum Gasteiger partial charge on any atom is -0.384 e. The van der Waals surface area contributed by atoms with Crippen molar-refractivity contribution in [3.05, 3.63) is 71.0 Å². The van der Waals surface area contributed by atoms with E-state index in [-0.39, 0.29) is 0 Å². The standard InChI is InChI=1S/C38H54Cl2N5O3P/c39-31-17-19-33-35(21-25-44-37(33)29-31)42-23-13-9-5-1-3-7-11-15-27-47-49(41,46)48-28-16-12-8-4-2-6-10-14-24-43-36-22-26-45-38-30-32(40)18-20-34(36)38/h17-22,25-26,29-30H,1-16,23-24,27-28H2,(H2,41,46)(H,42,44)(H,43,45). The number of pyridine rings is 2. The lowest BCUT2D eigenvalue weighted by molar-refractivity contribution is 0.198. The van der Waals surface area contributed by atoms with E-state index in [4.69, 9.17) is 37.8 Å². The fraction of sp³-hybridized carbons (Fsp3) is 0.526. The van der Waals surface area contributed by atoms with Crippen LogP contribution in [-0.2, 0) is 13.6 Å². The normalized spacial score (nSPS) is 11.8. The molecule has 49 heavy (non-hydrogen) atoms. The van der Waals surface area contributed by atoms with Gasteiger partial charge in [-0.25, -0.2) is 10.1 Å². The summed E-state index contributed by atoms with van der Waals surface area (Å²) in [5.74, 6) is 0. The number of fused-ring (bicyclic) bond motifs is 2. The maximum Gasteiger partial charge on any atom is 0.402 e. The zero-order chi connectivity index (χ0) is 34.6. The van der Waals surface area contributed by atoms with Crippen LogP contribution in [0.15, 0.2) is 60.9 Å². The van der Waals surface area contributed by atoms with E-state index in [1.54, 1.807) is 0 Å². The average molecular weight is 731 g/mol. The zero-order valence-corrected chi connectivity index (χ0v) is 31.2. The lowest BCUT2D eigenvalue weighted by Crippen LogP contribution is -2.06. The Labute approximate surface area is 302 Å². The van der Waals surface area contributed by atoms with Gasteiger partial charge in [0.2, 0.25) is 0 Å². The maximum absolute atomic E-state index is 12.4. The number of nitrogens with one attached hydrogen (secondary N) is 2. The van der Waals surface area contributed by atoms with Crippen LogP contribution in [0.2, 0.25) is 10.0 Å². The van der Waals surface area contributed by atoms with Crippen LogP contribution in [-0.4, -0.2) is 36.3 Å². The van der Waals surface area contributed by atoms with Gasteiger partial charge in [-0.3, -0.25) is 19.0 Å². The van der Waals surface area contributed by atoms with E-state index in [1.807, 2.05) is 60.9 Å². The molecule has 4 aromatic rings. The van der Waals surface area contributed by atoms with Gasteiger partial charge in [-0.15, -0.1) is 0 Å². The molecule has 2 heterocycles. The molecule has 0 atom stereocenters. The first-order chi connectivity index (χ1) is 23.9. The molecule has 0 spiro atoms. The summed E-state index contributed by atoms with van der Waals surface area (Å²) >= 11 is 12.2. The number of halogens is 2. The minimum absolute atomic E-state index is 0.388. The number of nitrogens with zero attached hydrogens (tertiary/aromatic N) is 2. The lowest BCUT2D eigenvalue weighted by Gasteiger charge is -2.13. The smallest absolute Gasteiger partial charge is 0.384 e. The van der Waals surface area contributed by atoms with Gasteiger partial charge in [0.25, 0.3) is 0 Å². The van der Waals surface area contributed by atoms with E-state index in [0.29, 0.717) is 23.3 Å². The third-order valence-electron chi connectivity index (χ3n) is 8.73. The van der Waals surface area contributed by atoms with Crippen molar-refractivity contribution >= 4 is 64.1 Å². The zero-order valence-electron chi connectivity index (χ0n) is 28.8. The summed E-state index contributed by atoms with van der Waals surface area (Å²) in [6, 6.07) is 15.7. The molecule has 0 radical (unpaired) electrons. The van der Waals surface area contributed by atoms with Gasteiger partial charge in [-0.1, -0.05) is 100 Å². The van der Waals surface area contributed by atoms with Gasteiger partial charge in [0.1, 0.15) is 0 Å². The first-order valence-corrected chi connectivity index (χ1v) is 20.5. The SMILES string of the molecule is NP(=O)(OCCCCCCCCCCNc1ccnc2cc(Cl)ccc12)OCCCCCCCCCCNc1ccnc2cc(Cl)ccc12. The molecule has 0 bridgehead atoms. The average Bonchev–Trinajstić information content (AvgIpc) is 3.08. The first-order valence-electron chi connectivity index (χ1n) is 18.2. The quantitative estimate of drug-likeness (QED) is 0.0432. The molecule has 0 fully saturated rings. The molecule has 2 aromatic carbocycles. The molecule has 8 nitrogen and oxygen atoms in total. The van der Waals surface area contributed by atoms with Crippen LogP contribution in [0.1, 0.15) is 103 Å². The van der Waals surface area contributed by atoms with Crippen LogP contribution >= 0.6 is 30.9 Å². The molecule has 0 aliphatic rings. The Morgan fingerprint density at radius 3 is 1.33 bits per heavy atom. The van der Waals surface area contributed by atoms with Crippen LogP contribution in [0.4, 0.5) is 11.4 Å². The predicted molar refractivity (Wildman–Crippen MR) is 208 cm³/mol. The number of unbranched alkanes of at least 4 members (excludes halogenated alkanes) is 14. The molecule has 0 saturated heterocycles. The Morgan fingerprint density at radius 2 is 0.918 bits per heavy atom. The molecule has 0 saturated carbocycles. The summed E-state index contributed by atoms with van der Waals surface area (Å²) in [7, 11) is -3.45. The van der Waals surface area contributed by atoms with Crippen molar-refractivity contribution in [3.8, 4) is 0 Å². The Kier molecular flexibility index (Phi) is 18.0. The molecular formula is C38H54Cl2N5O3P. The second kappa shape index (κ2) is 22.4. The number of nitrogens with two attached hydrogens (primary N) is 1. The van der Waals surface area contributed by atoms with Crippen molar-refractivity contribution in [2.75, 3.05) is 36.9 Å². The van der Waals surface area contributed by atoms with Gasteiger partial charge in [-0.2, -0.15) is 0 Å². The second-order valence-electron chi connectivity index (χ2n) is 12.8. The van der Waals surface area contributed by atoms with Gasteiger partial charge in [0.05, 0.1) is 24.2 Å². The molecule has 268 valence electrons. The summed E-state index contributed by atoms with van der Waals surface area (Å²) in [4.78, 5) is 8.80. The second-order valence-corrected chi connectivity index (χ2v) is 15.2. The highest BCUT2D eigenvalue weighted by molar-refractivity contribution is 7.51. The molecular weight excluding hydrogens is 676 g/mol. The monoisotopic (exact) mass is 729 g/mol. The molecule has 0 aliphatic carbocycles. The summed E-state index contributed by atoms with van der Waals surface area (Å²) < 4.78 is 23.2. The third kappa shape index (κ3) is 15.1. The molecule has 4 rings (SSSR count). The number of benzene rings is 2. The number of anilines is 2. The highest BCUT2D eigenvalue weighted by Gasteiger charge is 2.17. The van der Waals surface area contributed by atoms with Gasteiger partial charge in [0.15, 0.2) is 0 Å². The van der Waals surface area contributed by atoms with Crippen LogP contribution in [0.3, 0.4) is 0 Å². The Bertz CT molecular complexity index is 1480. The lowest BCUT2D eigenvalue weighted by atomic mass is 10.1. The predicted octanol–water partition coefficient (Wildman–Crippen LogP) is 12.0. The van der Waals surface area contributed by atoms with Crippen molar-refractivity contribution in [3.63, 3.8) is 0 Å². The Morgan fingerprint density at radius 1 is 0.551 bits per heavy atom. The van der Waals surface area contributed by atoms with Gasteiger partial charge in [-0.05, 0) is 74.2 Å². The van der Waals surface area contributed by atoms with Gasteiger partial charge >= 0.3 is 7.75 Å². The van der Waals surface area contributed by atoms with Crippen molar-refractivity contribution in [1.29, 1.82) is 0 Å². The number of aromatic nitrogens is 2. The largest absolute Gasteiger partial charge is 0.402 e. The van der Waals surface area contributed by atoms with Crippen molar-refractivity contribution in [2.24, 2.45) is 5.50 Å². The maximum atomic E-state index is 12.4. The summed E-state index contributed by atoms with van der Waals surface area (Å²) in [6.45, 7) is 2.67. The third-order valence-corrected chi connectivity index (χ3v) is 10.3. The van der Waals surface area contributed by atoms with Gasteiger partial charge in [0, 0.05) is 57.7 Å². The molecule has 4 N–H and O–H groups in total.